The molecule has 0 amide bonds. The number of nitrogens with zero attached hydrogens (tertiary/aromatic N) is 10. The van der Waals surface area contributed by atoms with E-state index in [4.69, 9.17) is 41.3 Å². The molecule has 0 atom stereocenters. The molecule has 0 saturated heterocycles. The van der Waals surface area contributed by atoms with Gasteiger partial charge in [0.2, 0.25) is 39.9 Å². The Bertz CT molecular complexity index is 9380. The molecule has 0 bridgehead atoms. The van der Waals surface area contributed by atoms with E-state index >= 15 is 0 Å². The van der Waals surface area contributed by atoms with Crippen molar-refractivity contribution in [1.82, 2.24) is 24.9 Å². The zero-order valence-corrected chi connectivity index (χ0v) is 82.7. The molecule has 0 aliphatic heterocycles. The predicted octanol–water partition coefficient (Wildman–Crippen LogP) is 29.9. The van der Waals surface area contributed by atoms with E-state index in [9.17, 15) is 2.74 Å². The third-order valence-electron chi connectivity index (χ3n) is 28.4. The monoisotopic (exact) mass is 1900 g/mol. The Labute approximate surface area is 858 Å². The lowest BCUT2D eigenvalue weighted by Crippen LogP contribution is -2.32. The van der Waals surface area contributed by atoms with Gasteiger partial charge >= 0.3 is 0 Å². The Morgan fingerprint density at radius 2 is 0.671 bits per heavy atom. The molecule has 2 aliphatic carbocycles. The molecule has 2 aliphatic rings. The van der Waals surface area contributed by atoms with E-state index in [2.05, 4.69) is 99.4 Å². The summed E-state index contributed by atoms with van der Waals surface area (Å²) in [5.74, 6) is 0.0973. The lowest BCUT2D eigenvalue weighted by Gasteiger charge is -2.22. The molecule has 0 unspecified atom stereocenters. The van der Waals surface area contributed by atoms with Gasteiger partial charge in [-0.25, -0.2) is 32.8 Å². The first-order chi connectivity index (χ1) is 75.8. The van der Waals surface area contributed by atoms with Gasteiger partial charge in [-0.15, -0.1) is 0 Å². The summed E-state index contributed by atoms with van der Waals surface area (Å²) in [4.78, 5) is 22.1. The number of rotatable bonds is 12. The van der Waals surface area contributed by atoms with Crippen LogP contribution in [0.1, 0.15) is 158 Å². The van der Waals surface area contributed by atoms with E-state index in [0.717, 1.165) is 251 Å². The molecule has 2 saturated carbocycles. The van der Waals surface area contributed by atoms with Gasteiger partial charge in [0.15, 0.2) is 58.9 Å². The Morgan fingerprint density at radius 1 is 0.294 bits per heavy atom. The van der Waals surface area contributed by atoms with Crippen LogP contribution in [0.4, 0.5) is 0 Å². The highest BCUT2D eigenvalue weighted by Crippen LogP contribution is 2.48. The second-order valence-corrected chi connectivity index (χ2v) is 38.2. The fourth-order valence-electron chi connectivity index (χ4n) is 21.4. The molecule has 15 nitrogen and oxygen atoms in total. The van der Waals surface area contributed by atoms with Crippen LogP contribution in [0.3, 0.4) is 0 Å². The molecule has 8 aromatic carbocycles. The summed E-state index contributed by atoms with van der Waals surface area (Å²) in [6.45, 7) is 6.38. The first-order valence-electron chi connectivity index (χ1n) is 57.0. The minimum atomic E-state index is -2.52. The predicted molar refractivity (Wildman–Crippen MR) is 580 cm³/mol. The average molecular weight is 1900 g/mol. The lowest BCUT2D eigenvalue weighted by molar-refractivity contribution is -0.660. The van der Waals surface area contributed by atoms with Crippen molar-refractivity contribution in [1.29, 1.82) is 0 Å². The molecule has 2 fully saturated rings. The zero-order valence-electron chi connectivity index (χ0n) is 98.7. The van der Waals surface area contributed by atoms with E-state index in [1.807, 2.05) is 251 Å². The van der Waals surface area contributed by atoms with Crippen LogP contribution in [0.25, 0.3) is 200 Å². The van der Waals surface area contributed by atoms with Gasteiger partial charge in [0.05, 0.1) is 50.7 Å². The first kappa shape index (κ1) is 76.1. The van der Waals surface area contributed by atoms with Crippen molar-refractivity contribution in [3.8, 4) is 89.7 Å². The third kappa shape index (κ3) is 17.8. The van der Waals surface area contributed by atoms with Gasteiger partial charge < -0.3 is 22.1 Å². The van der Waals surface area contributed by atoms with E-state index in [-0.39, 0.29) is 28.5 Å². The number of aromatic nitrogens is 10. The van der Waals surface area contributed by atoms with Crippen molar-refractivity contribution in [2.24, 2.45) is 47.1 Å². The van der Waals surface area contributed by atoms with Crippen molar-refractivity contribution < 1.29 is 66.9 Å². The summed E-state index contributed by atoms with van der Waals surface area (Å²) in [6.07, 6.45) is 25.2. The largest absolute Gasteiger partial charge is 0.455 e. The third-order valence-corrected chi connectivity index (χ3v) is 28.4. The Balaban J connectivity index is 0.000000115. The van der Waals surface area contributed by atoms with Crippen LogP contribution in [-0.2, 0) is 48.0 Å². The zero-order chi connectivity index (χ0) is 112. The summed E-state index contributed by atoms with van der Waals surface area (Å²) in [7, 11) is 9.79. The van der Waals surface area contributed by atoms with Crippen LogP contribution >= 0.6 is 0 Å². The van der Waals surface area contributed by atoms with Crippen LogP contribution in [0.15, 0.2) is 315 Å². The summed E-state index contributed by atoms with van der Waals surface area (Å²) in [5.41, 5.74) is 30.4. The minimum Gasteiger partial charge on any atom is -0.455 e. The molecule has 0 radical (unpaired) electrons. The molecule has 143 heavy (non-hydrogen) atoms. The average Bonchev–Trinajstić information content (AvgIpc) is 1.62. The molecule has 15 heterocycles. The standard InChI is InChI=1S/C27H25N2O.C26H29N2O.C25H27N2O.2C25H21N2O/c1-16-14-18(3)23(19(4)15-16)20-8-7-13-29(5)26(20)24-17(2)10-11-21-25-22(30-27(21)24)9-6-12-28-25;1-17-11-13-21-22-14-12-18(2)27-26(22)29-25(21)23(17)24-20(10-7-15-28(24)3)16-19-8-5-4-6-9-19;1-16-10-12-20-21-13-11-17(2)26-25(21)28-24(20)22(16)23-19(9-6-14-27(23)3)15-18-7-4-5-8-18;1-16-7-4-5-8-18(16)20-9-6-14-27(3)24(20)23-17(2)10-11-21-19-12-13-26-15-22(19)28-25(21)23;1-16-7-4-5-8-18(16)19-9-6-14-27(3)24(19)23-17(2)10-11-20-21-15-26-13-12-22(21)28-25(20)23/h6-15H,1-5H3;7,10-15,19H,4-6,8-9,16H2,1-3H3;6,9-14,18H,4-5,7-8,15H2,1-3H3;2*4-15H,1-3H3/q5*+1/i3D3,4D3;16D2;15D2;2*1D3. The SMILES string of the molecule is [2H]C([2H])([2H])c1cc(C)cc(C([2H])([2H])[2H])c1-c1ccc[n+](C)c1-c1c(C)ccc2c1oc1cccnc12.[2H]C([2H])([2H])c1ccccc1-c1ccc[n+](C)c1-c1c(C)ccc2c1oc1ccncc12.[2H]C([2H])([2H])c1ccccc1-c1ccc[n+](C)c1-c1c(C)ccc2c1oc1cnccc12.[2H]C([2H])(c1ccc[n+](C)c1-c1c(C)ccc2c1oc1nc(C)ccc12)C1CCCC1.[2H]C([2H])(c1ccc[n+](C)c1-c1c(C)ccc2c1oc1nc(C)ccc12)C1CCCCC1. The van der Waals surface area contributed by atoms with Crippen LogP contribution in [-0.4, -0.2) is 24.9 Å². The van der Waals surface area contributed by atoms with Crippen molar-refractivity contribution in [3.05, 3.63) is 371 Å². The Hall–Kier alpha value is -15.7. The van der Waals surface area contributed by atoms with Crippen LogP contribution < -0.4 is 22.8 Å². The lowest BCUT2D eigenvalue weighted by atomic mass is 9.83. The van der Waals surface area contributed by atoms with Crippen LogP contribution in [0.5, 0.6) is 0 Å². The second kappa shape index (κ2) is 39.4. The van der Waals surface area contributed by atoms with Crippen molar-refractivity contribution in [2.75, 3.05) is 0 Å². The van der Waals surface area contributed by atoms with E-state index in [1.54, 1.807) is 80.2 Å². The number of furan rings is 5. The molecule has 0 N–H and O–H groups in total. The number of hydrogen-bond donors (Lipinski definition) is 0. The maximum Gasteiger partial charge on any atom is 0.227 e. The van der Waals surface area contributed by atoms with Gasteiger partial charge in [0.25, 0.3) is 0 Å². The highest BCUT2D eigenvalue weighted by molar-refractivity contribution is 6.14. The van der Waals surface area contributed by atoms with E-state index < -0.39 is 40.2 Å². The van der Waals surface area contributed by atoms with Crippen LogP contribution in [0, 0.1) is 94.6 Å². The topological polar surface area (TPSA) is 150 Å². The first-order valence-corrected chi connectivity index (χ1v) is 49.0. The van der Waals surface area contributed by atoms with Gasteiger partial charge in [-0.3, -0.25) is 15.0 Å². The maximum atomic E-state index is 9.17. The smallest absolute Gasteiger partial charge is 0.227 e. The Morgan fingerprint density at radius 3 is 1.17 bits per heavy atom. The van der Waals surface area contributed by atoms with Gasteiger partial charge in [0, 0.05) is 148 Å². The normalized spacial score (nSPS) is 15.2. The Kier molecular flexibility index (Phi) is 21.0. The van der Waals surface area contributed by atoms with Gasteiger partial charge in [-0.1, -0.05) is 179 Å². The molecule has 25 rings (SSSR count). The van der Waals surface area contributed by atoms with E-state index in [0.29, 0.717) is 61.7 Å². The molecular formula is C128H123N10O5+5. The number of pyridine rings is 10. The quantitative estimate of drug-likeness (QED) is 0.108. The summed E-state index contributed by atoms with van der Waals surface area (Å²) in [6, 6.07) is 73.0. The number of hydrogen-bond acceptors (Lipinski definition) is 10. The number of benzene rings is 8. The second-order valence-electron chi connectivity index (χ2n) is 38.2. The highest BCUT2D eigenvalue weighted by Gasteiger charge is 2.34. The molecule has 15 heteroatoms. The van der Waals surface area contributed by atoms with Crippen molar-refractivity contribution >= 4 is 110 Å². The van der Waals surface area contributed by atoms with E-state index in [1.165, 1.54) is 6.42 Å². The summed E-state index contributed by atoms with van der Waals surface area (Å²) < 4.78 is 176. The van der Waals surface area contributed by atoms with Gasteiger partial charge in [-0.05, 0) is 259 Å². The molecule has 0 spiro atoms. The number of fused-ring (bicyclic) bond motifs is 15. The molecule has 23 aromatic rings. The van der Waals surface area contributed by atoms with Crippen LogP contribution in [0.2, 0.25) is 0 Å². The summed E-state index contributed by atoms with van der Waals surface area (Å²) >= 11 is 0. The summed E-state index contributed by atoms with van der Waals surface area (Å²) in [5, 5.41) is 8.84. The molecular weight excluding hydrogens is 1760 g/mol. The van der Waals surface area contributed by atoms with Crippen molar-refractivity contribution in [3.63, 3.8) is 0 Å². The maximum absolute atomic E-state index is 9.17. The van der Waals surface area contributed by atoms with Gasteiger partial charge in [0.1, 0.15) is 57.5 Å². The fourth-order valence-corrected chi connectivity index (χ4v) is 21.4. The highest BCUT2D eigenvalue weighted by atomic mass is 16.4. The number of aryl methyl sites for hydroxylation is 17. The molecule has 15 aromatic heterocycles. The van der Waals surface area contributed by atoms with Crippen molar-refractivity contribution in [2.45, 2.75) is 153 Å². The molecule has 710 valence electrons. The van der Waals surface area contributed by atoms with Gasteiger partial charge in [-0.2, -0.15) is 0 Å². The minimum absolute atomic E-state index is 0.0113. The fraction of sp³-hybridized carbons (Fsp3) is 0.234.